The quantitative estimate of drug-likeness (QED) is 0.575. The zero-order chi connectivity index (χ0) is 13.7. The van der Waals surface area contributed by atoms with Crippen LogP contribution in [0.5, 0.6) is 0 Å². The normalized spacial score (nSPS) is 32.6. The number of unbranched alkanes of at least 4 members (excludes halogenated alkanes) is 1. The number of Topliss-reactive ketones (excluding diaryl/α,β-unsaturated/α-hetero) is 2. The lowest BCUT2D eigenvalue weighted by Crippen LogP contribution is -2.42. The van der Waals surface area contributed by atoms with Crippen LogP contribution in [-0.4, -0.2) is 35.8 Å². The minimum absolute atomic E-state index is 0.0212. The summed E-state index contributed by atoms with van der Waals surface area (Å²) < 4.78 is 5.48. The number of carbonyl (C=O) groups excluding carboxylic acids is 2. The van der Waals surface area contributed by atoms with E-state index in [1.54, 1.807) is 0 Å². The van der Waals surface area contributed by atoms with Crippen molar-refractivity contribution >= 4 is 23.3 Å². The maximum atomic E-state index is 12.1. The third-order valence-corrected chi connectivity index (χ3v) is 5.40. The molecule has 1 heterocycles. The van der Waals surface area contributed by atoms with Crippen LogP contribution in [0.15, 0.2) is 0 Å². The molecule has 0 spiro atoms. The molecule has 108 valence electrons. The highest BCUT2D eigenvalue weighted by Gasteiger charge is 2.39. The van der Waals surface area contributed by atoms with E-state index < -0.39 is 6.10 Å². The summed E-state index contributed by atoms with van der Waals surface area (Å²) in [7, 11) is 0. The second kappa shape index (κ2) is 7.44. The van der Waals surface area contributed by atoms with Crippen LogP contribution in [0, 0.1) is 11.8 Å². The van der Waals surface area contributed by atoms with Gasteiger partial charge < -0.3 is 4.74 Å². The SMILES string of the molecule is CCCCOC1C(=O)CC(C2CCCSC2)CC1=O. The zero-order valence-electron chi connectivity index (χ0n) is 11.7. The number of carbonyl (C=O) groups is 2. The van der Waals surface area contributed by atoms with Crippen molar-refractivity contribution in [3.8, 4) is 0 Å². The van der Waals surface area contributed by atoms with Gasteiger partial charge >= 0.3 is 0 Å². The average molecular weight is 284 g/mol. The van der Waals surface area contributed by atoms with Gasteiger partial charge in [0.25, 0.3) is 0 Å². The summed E-state index contributed by atoms with van der Waals surface area (Å²) in [5.74, 6) is 3.23. The Labute approximate surface area is 119 Å². The van der Waals surface area contributed by atoms with Crippen LogP contribution in [0.1, 0.15) is 45.4 Å². The first-order chi connectivity index (χ1) is 9.22. The van der Waals surface area contributed by atoms with Gasteiger partial charge in [-0.2, -0.15) is 11.8 Å². The monoisotopic (exact) mass is 284 g/mol. The number of hydrogen-bond acceptors (Lipinski definition) is 4. The highest BCUT2D eigenvalue weighted by Crippen LogP contribution is 2.35. The van der Waals surface area contributed by atoms with Gasteiger partial charge in [0.15, 0.2) is 17.7 Å². The smallest absolute Gasteiger partial charge is 0.174 e. The molecule has 4 heteroatoms. The molecule has 0 aromatic carbocycles. The second-order valence-corrected chi connectivity index (χ2v) is 6.83. The van der Waals surface area contributed by atoms with E-state index in [9.17, 15) is 9.59 Å². The van der Waals surface area contributed by atoms with Crippen LogP contribution in [0.25, 0.3) is 0 Å². The Kier molecular flexibility index (Phi) is 5.89. The van der Waals surface area contributed by atoms with Crippen molar-refractivity contribution in [3.05, 3.63) is 0 Å². The Morgan fingerprint density at radius 3 is 2.53 bits per heavy atom. The van der Waals surface area contributed by atoms with Gasteiger partial charge in [0.1, 0.15) is 0 Å². The van der Waals surface area contributed by atoms with Gasteiger partial charge in [-0.3, -0.25) is 9.59 Å². The molecule has 1 saturated carbocycles. The number of thioether (sulfide) groups is 1. The molecular weight excluding hydrogens is 260 g/mol. The van der Waals surface area contributed by atoms with Crippen molar-refractivity contribution < 1.29 is 14.3 Å². The highest BCUT2D eigenvalue weighted by molar-refractivity contribution is 7.99. The van der Waals surface area contributed by atoms with E-state index in [0.29, 0.717) is 25.4 Å². The molecule has 0 radical (unpaired) electrons. The van der Waals surface area contributed by atoms with Crippen LogP contribution in [0.2, 0.25) is 0 Å². The number of ketones is 2. The Hall–Kier alpha value is -0.350. The van der Waals surface area contributed by atoms with Crippen molar-refractivity contribution in [1.29, 1.82) is 0 Å². The summed E-state index contributed by atoms with van der Waals surface area (Å²) in [6.07, 6.45) is 4.70. The minimum Gasteiger partial charge on any atom is -0.363 e. The van der Waals surface area contributed by atoms with E-state index in [-0.39, 0.29) is 17.5 Å². The van der Waals surface area contributed by atoms with E-state index in [1.165, 1.54) is 18.6 Å². The molecule has 19 heavy (non-hydrogen) atoms. The van der Waals surface area contributed by atoms with Gasteiger partial charge in [-0.05, 0) is 42.6 Å². The molecule has 2 rings (SSSR count). The molecule has 1 aliphatic heterocycles. The third kappa shape index (κ3) is 4.06. The largest absolute Gasteiger partial charge is 0.363 e. The molecule has 1 saturated heterocycles. The fourth-order valence-corrected chi connectivity index (χ4v) is 4.26. The summed E-state index contributed by atoms with van der Waals surface area (Å²) in [4.78, 5) is 24.2. The molecule has 0 amide bonds. The molecule has 2 aliphatic rings. The summed E-state index contributed by atoms with van der Waals surface area (Å²) in [6.45, 7) is 2.60. The van der Waals surface area contributed by atoms with Crippen molar-refractivity contribution in [2.45, 2.75) is 51.6 Å². The predicted molar refractivity (Wildman–Crippen MR) is 77.4 cm³/mol. The molecule has 0 aromatic rings. The van der Waals surface area contributed by atoms with E-state index in [2.05, 4.69) is 6.92 Å². The molecular formula is C15H24O3S. The summed E-state index contributed by atoms with van der Waals surface area (Å²) in [5.41, 5.74) is 0. The van der Waals surface area contributed by atoms with Gasteiger partial charge in [0.2, 0.25) is 0 Å². The first-order valence-corrected chi connectivity index (χ1v) is 8.62. The van der Waals surface area contributed by atoms with E-state index in [0.717, 1.165) is 18.6 Å². The van der Waals surface area contributed by atoms with Crippen molar-refractivity contribution in [2.75, 3.05) is 18.1 Å². The molecule has 0 aromatic heterocycles. The number of rotatable bonds is 5. The molecule has 2 fully saturated rings. The maximum Gasteiger partial charge on any atom is 0.174 e. The van der Waals surface area contributed by atoms with Crippen LogP contribution < -0.4 is 0 Å². The maximum absolute atomic E-state index is 12.1. The van der Waals surface area contributed by atoms with E-state index >= 15 is 0 Å². The van der Waals surface area contributed by atoms with Crippen LogP contribution in [0.3, 0.4) is 0 Å². The van der Waals surface area contributed by atoms with Gasteiger partial charge in [0, 0.05) is 19.4 Å². The van der Waals surface area contributed by atoms with Crippen LogP contribution >= 0.6 is 11.8 Å². The van der Waals surface area contributed by atoms with E-state index in [1.807, 2.05) is 11.8 Å². The van der Waals surface area contributed by atoms with Gasteiger partial charge in [-0.25, -0.2) is 0 Å². The second-order valence-electron chi connectivity index (χ2n) is 5.68. The number of hydrogen-bond donors (Lipinski definition) is 0. The topological polar surface area (TPSA) is 43.4 Å². The minimum atomic E-state index is -0.751. The van der Waals surface area contributed by atoms with Crippen molar-refractivity contribution in [3.63, 3.8) is 0 Å². The Morgan fingerprint density at radius 1 is 1.21 bits per heavy atom. The van der Waals surface area contributed by atoms with Gasteiger partial charge in [0.05, 0.1) is 0 Å². The first-order valence-electron chi connectivity index (χ1n) is 7.47. The van der Waals surface area contributed by atoms with Crippen molar-refractivity contribution in [1.82, 2.24) is 0 Å². The van der Waals surface area contributed by atoms with Crippen molar-refractivity contribution in [2.24, 2.45) is 11.8 Å². The van der Waals surface area contributed by atoms with Gasteiger partial charge in [-0.15, -0.1) is 0 Å². The molecule has 1 aliphatic carbocycles. The first kappa shape index (κ1) is 15.0. The predicted octanol–water partition coefficient (Wildman–Crippen LogP) is 2.86. The lowest BCUT2D eigenvalue weighted by molar-refractivity contribution is -0.148. The Balaban J connectivity index is 1.86. The molecule has 3 nitrogen and oxygen atoms in total. The lowest BCUT2D eigenvalue weighted by atomic mass is 9.76. The fourth-order valence-electron chi connectivity index (χ4n) is 2.98. The molecule has 0 bridgehead atoms. The third-order valence-electron chi connectivity index (χ3n) is 4.16. The summed E-state index contributed by atoms with van der Waals surface area (Å²) >= 11 is 1.96. The van der Waals surface area contributed by atoms with Gasteiger partial charge in [-0.1, -0.05) is 13.3 Å². The lowest BCUT2D eigenvalue weighted by Gasteiger charge is -2.33. The summed E-state index contributed by atoms with van der Waals surface area (Å²) in [5, 5.41) is 0. The van der Waals surface area contributed by atoms with E-state index in [4.69, 9.17) is 4.74 Å². The standard InChI is InChI=1S/C15H24O3S/c1-2-3-6-18-15-13(16)8-12(9-14(15)17)11-5-4-7-19-10-11/h11-12,15H,2-10H2,1H3. The molecule has 1 atom stereocenters. The summed E-state index contributed by atoms with van der Waals surface area (Å²) in [6, 6.07) is 0. The number of ether oxygens (including phenoxy) is 1. The fraction of sp³-hybridized carbons (Fsp3) is 0.867. The molecule has 0 N–H and O–H groups in total. The van der Waals surface area contributed by atoms with Crippen LogP contribution in [0.4, 0.5) is 0 Å². The zero-order valence-corrected chi connectivity index (χ0v) is 12.5. The van der Waals surface area contributed by atoms with Crippen LogP contribution in [-0.2, 0) is 14.3 Å². The Morgan fingerprint density at radius 2 is 1.95 bits per heavy atom. The highest BCUT2D eigenvalue weighted by atomic mass is 32.2. The Bertz CT molecular complexity index is 305. The average Bonchev–Trinajstić information content (AvgIpc) is 2.43. The molecule has 1 unspecified atom stereocenters.